The molecule has 0 N–H and O–H groups in total. The number of ketones is 1. The van der Waals surface area contributed by atoms with Crippen molar-refractivity contribution in [3.8, 4) is 11.4 Å². The lowest BCUT2D eigenvalue weighted by Crippen LogP contribution is -2.22. The fourth-order valence-corrected chi connectivity index (χ4v) is 5.11. The van der Waals surface area contributed by atoms with Gasteiger partial charge in [0, 0.05) is 11.6 Å². The zero-order chi connectivity index (χ0) is 21.1. The van der Waals surface area contributed by atoms with Crippen molar-refractivity contribution in [2.45, 2.75) is 50.7 Å². The van der Waals surface area contributed by atoms with Crippen LogP contribution in [0.15, 0.2) is 53.7 Å². The van der Waals surface area contributed by atoms with Crippen LogP contribution in [-0.2, 0) is 0 Å². The highest BCUT2D eigenvalue weighted by atomic mass is 32.2. The molecule has 3 aromatic rings. The Morgan fingerprint density at radius 2 is 1.93 bits per heavy atom. The Balaban J connectivity index is 1.66. The number of carbonyl (C=O) groups excluding carboxylic acids is 1. The third-order valence-corrected chi connectivity index (χ3v) is 6.79. The number of aromatic nitrogens is 3. The Morgan fingerprint density at radius 3 is 2.70 bits per heavy atom. The number of benzene rings is 2. The lowest BCUT2D eigenvalue weighted by molar-refractivity contribution is 0.101. The molecule has 1 saturated carbocycles. The molecule has 2 unspecified atom stereocenters. The summed E-state index contributed by atoms with van der Waals surface area (Å²) in [4.78, 5) is 12.6. The molecule has 1 aliphatic carbocycles. The third kappa shape index (κ3) is 4.33. The maximum absolute atomic E-state index is 14.0. The first-order chi connectivity index (χ1) is 14.5. The van der Waals surface area contributed by atoms with Crippen molar-refractivity contribution in [2.24, 2.45) is 5.92 Å². The number of nitrogens with zero attached hydrogens (tertiary/aromatic N) is 3. The monoisotopic (exact) mass is 423 g/mol. The van der Waals surface area contributed by atoms with Crippen LogP contribution >= 0.6 is 11.8 Å². The summed E-state index contributed by atoms with van der Waals surface area (Å²) >= 11 is 1.35. The van der Waals surface area contributed by atoms with E-state index in [4.69, 9.17) is 0 Å². The first-order valence-corrected chi connectivity index (χ1v) is 11.5. The molecule has 1 heterocycles. The van der Waals surface area contributed by atoms with E-state index in [2.05, 4.69) is 46.8 Å². The van der Waals surface area contributed by atoms with E-state index in [0.717, 1.165) is 23.0 Å². The van der Waals surface area contributed by atoms with E-state index in [9.17, 15) is 9.18 Å². The Labute approximate surface area is 180 Å². The molecule has 0 saturated heterocycles. The van der Waals surface area contributed by atoms with Gasteiger partial charge in [0.05, 0.1) is 11.3 Å². The van der Waals surface area contributed by atoms with Crippen LogP contribution < -0.4 is 0 Å². The molecule has 0 spiro atoms. The van der Waals surface area contributed by atoms with E-state index >= 15 is 0 Å². The molecule has 1 fully saturated rings. The van der Waals surface area contributed by atoms with Gasteiger partial charge in [0.1, 0.15) is 5.82 Å². The number of rotatable bonds is 6. The summed E-state index contributed by atoms with van der Waals surface area (Å²) in [5.74, 6) is 0.777. The number of hydrogen-bond acceptors (Lipinski definition) is 4. The Morgan fingerprint density at radius 1 is 1.13 bits per heavy atom. The van der Waals surface area contributed by atoms with Gasteiger partial charge in [-0.25, -0.2) is 4.39 Å². The van der Waals surface area contributed by atoms with Crippen molar-refractivity contribution in [3.63, 3.8) is 0 Å². The zero-order valence-corrected chi connectivity index (χ0v) is 18.2. The van der Waals surface area contributed by atoms with Crippen LogP contribution in [0.25, 0.3) is 11.4 Å². The van der Waals surface area contributed by atoms with E-state index in [1.807, 2.05) is 6.07 Å². The average molecular weight is 424 g/mol. The molecular formula is C24H26FN3OS. The van der Waals surface area contributed by atoms with Crippen LogP contribution in [0, 0.1) is 18.7 Å². The summed E-state index contributed by atoms with van der Waals surface area (Å²) in [7, 11) is 0. The van der Waals surface area contributed by atoms with E-state index < -0.39 is 5.82 Å². The van der Waals surface area contributed by atoms with Gasteiger partial charge in [0.25, 0.3) is 0 Å². The molecule has 4 rings (SSSR count). The minimum Gasteiger partial charge on any atom is -0.299 e. The van der Waals surface area contributed by atoms with Crippen molar-refractivity contribution in [1.82, 2.24) is 14.8 Å². The Hall–Kier alpha value is -2.47. The van der Waals surface area contributed by atoms with E-state index in [0.29, 0.717) is 12.0 Å². The van der Waals surface area contributed by atoms with E-state index in [1.54, 1.807) is 12.1 Å². The van der Waals surface area contributed by atoms with Gasteiger partial charge >= 0.3 is 0 Å². The molecule has 30 heavy (non-hydrogen) atoms. The smallest absolute Gasteiger partial charge is 0.192 e. The highest BCUT2D eigenvalue weighted by Gasteiger charge is 2.29. The molecule has 1 aliphatic rings. The summed E-state index contributed by atoms with van der Waals surface area (Å²) < 4.78 is 16.2. The average Bonchev–Trinajstić information content (AvgIpc) is 3.16. The van der Waals surface area contributed by atoms with Gasteiger partial charge in [-0.2, -0.15) is 0 Å². The number of aryl methyl sites for hydroxylation is 1. The minimum absolute atomic E-state index is 0.126. The number of halogens is 1. The summed E-state index contributed by atoms with van der Waals surface area (Å²) in [6.45, 7) is 4.35. The van der Waals surface area contributed by atoms with Gasteiger partial charge in [0.15, 0.2) is 16.8 Å². The molecule has 0 radical (unpaired) electrons. The largest absolute Gasteiger partial charge is 0.299 e. The van der Waals surface area contributed by atoms with Crippen LogP contribution in [-0.4, -0.2) is 26.3 Å². The van der Waals surface area contributed by atoms with Gasteiger partial charge in [-0.15, -0.1) is 10.2 Å². The fraction of sp³-hybridized carbons (Fsp3) is 0.375. The van der Waals surface area contributed by atoms with Crippen LogP contribution in [0.4, 0.5) is 4.39 Å². The summed E-state index contributed by atoms with van der Waals surface area (Å²) in [6.07, 6.45) is 4.67. The zero-order valence-electron chi connectivity index (χ0n) is 17.3. The Kier molecular flexibility index (Phi) is 6.32. The highest BCUT2D eigenvalue weighted by Crippen LogP contribution is 2.39. The van der Waals surface area contributed by atoms with Crippen molar-refractivity contribution >= 4 is 17.5 Å². The number of Topliss-reactive ketones (excluding diaryl/α,β-unsaturated/α-hetero) is 1. The van der Waals surface area contributed by atoms with Crippen molar-refractivity contribution in [2.75, 3.05) is 5.75 Å². The summed E-state index contributed by atoms with van der Waals surface area (Å²) in [6, 6.07) is 14.7. The molecule has 1 aromatic heterocycles. The fourth-order valence-electron chi connectivity index (χ4n) is 4.23. The van der Waals surface area contributed by atoms with Gasteiger partial charge in [0.2, 0.25) is 0 Å². The first kappa shape index (κ1) is 20.8. The lowest BCUT2D eigenvalue weighted by Gasteiger charge is -2.31. The second-order valence-electron chi connectivity index (χ2n) is 8.07. The number of thioether (sulfide) groups is 1. The highest BCUT2D eigenvalue weighted by molar-refractivity contribution is 7.99. The van der Waals surface area contributed by atoms with Gasteiger partial charge < -0.3 is 0 Å². The van der Waals surface area contributed by atoms with E-state index in [1.165, 1.54) is 48.7 Å². The third-order valence-electron chi connectivity index (χ3n) is 5.85. The van der Waals surface area contributed by atoms with Gasteiger partial charge in [-0.1, -0.05) is 67.4 Å². The van der Waals surface area contributed by atoms with Crippen LogP contribution in [0.5, 0.6) is 0 Å². The number of carbonyl (C=O) groups is 1. The molecule has 6 heteroatoms. The topological polar surface area (TPSA) is 47.8 Å². The second-order valence-corrected chi connectivity index (χ2v) is 9.01. The molecule has 4 nitrogen and oxygen atoms in total. The molecule has 2 aromatic carbocycles. The molecule has 2 atom stereocenters. The molecule has 0 bridgehead atoms. The maximum Gasteiger partial charge on any atom is 0.192 e. The lowest BCUT2D eigenvalue weighted by atomic mass is 9.85. The van der Waals surface area contributed by atoms with Gasteiger partial charge in [-0.05, 0) is 43.9 Å². The van der Waals surface area contributed by atoms with Crippen molar-refractivity contribution in [3.05, 3.63) is 65.5 Å². The predicted molar refractivity (Wildman–Crippen MR) is 118 cm³/mol. The first-order valence-electron chi connectivity index (χ1n) is 10.5. The number of hydrogen-bond donors (Lipinski definition) is 0. The standard InChI is InChI=1S/C24H26FN3OS/c1-16-8-7-10-18(14-16)23-26-27-24(28(23)21-13-6-3-9-17(21)2)30-15-22(29)19-11-4-5-12-20(19)25/h4-5,7-8,10-12,14,17,21H,3,6,9,13,15H2,1-2H3. The van der Waals surface area contributed by atoms with Crippen molar-refractivity contribution < 1.29 is 9.18 Å². The maximum atomic E-state index is 14.0. The molecule has 156 valence electrons. The Bertz CT molecular complexity index is 1050. The van der Waals surface area contributed by atoms with Gasteiger partial charge in [-0.3, -0.25) is 9.36 Å². The van der Waals surface area contributed by atoms with Crippen LogP contribution in [0.1, 0.15) is 54.6 Å². The predicted octanol–water partition coefficient (Wildman–Crippen LogP) is 6.12. The summed E-state index contributed by atoms with van der Waals surface area (Å²) in [5, 5.41) is 9.69. The van der Waals surface area contributed by atoms with E-state index in [-0.39, 0.29) is 17.1 Å². The quantitative estimate of drug-likeness (QED) is 0.354. The molecule has 0 amide bonds. The summed E-state index contributed by atoms with van der Waals surface area (Å²) in [5.41, 5.74) is 2.33. The normalized spacial score (nSPS) is 19.0. The SMILES string of the molecule is Cc1cccc(-c2nnc(SCC(=O)c3ccccc3F)n2C2CCCCC2C)c1. The van der Waals surface area contributed by atoms with Crippen molar-refractivity contribution in [1.29, 1.82) is 0 Å². The molecule has 0 aliphatic heterocycles. The van der Waals surface area contributed by atoms with Crippen LogP contribution in [0.3, 0.4) is 0 Å². The molecular weight excluding hydrogens is 397 g/mol. The minimum atomic E-state index is -0.481. The second kappa shape index (κ2) is 9.13. The van der Waals surface area contributed by atoms with Crippen LogP contribution in [0.2, 0.25) is 0 Å².